The van der Waals surface area contributed by atoms with Crippen LogP contribution in [0.4, 0.5) is 4.39 Å². The Morgan fingerprint density at radius 1 is 1.19 bits per heavy atom. The van der Waals surface area contributed by atoms with Crippen LogP contribution in [0.5, 0.6) is 0 Å². The molecular weight excluding hydrogens is 548 g/mol. The largest absolute Gasteiger partial charge is 0.355 e. The standard InChI is InChI=1S/C18H21BrFN3O2S.HI/c1-13(14-7-3-4-8-15(14)19)23-18(21-2)22-11-12-26(24,25)17-10-6-5-9-16(17)20;/h3-10,13H,11-12H2,1-2H3,(H2,21,22,23);1H. The molecule has 0 aliphatic rings. The van der Waals surface area contributed by atoms with Crippen molar-refractivity contribution in [2.24, 2.45) is 4.99 Å². The number of sulfone groups is 1. The Bertz CT molecular complexity index is 894. The lowest BCUT2D eigenvalue weighted by molar-refractivity contribution is 0.566. The summed E-state index contributed by atoms with van der Waals surface area (Å²) in [4.78, 5) is 3.82. The Morgan fingerprint density at radius 3 is 2.44 bits per heavy atom. The summed E-state index contributed by atoms with van der Waals surface area (Å²) in [6.45, 7) is 2.09. The molecule has 0 aliphatic carbocycles. The summed E-state index contributed by atoms with van der Waals surface area (Å²) in [7, 11) is -2.11. The summed E-state index contributed by atoms with van der Waals surface area (Å²) in [6, 6.07) is 13.1. The maximum absolute atomic E-state index is 13.7. The van der Waals surface area contributed by atoms with Gasteiger partial charge in [0.1, 0.15) is 10.7 Å². The van der Waals surface area contributed by atoms with Crippen LogP contribution in [-0.4, -0.2) is 33.7 Å². The first-order valence-corrected chi connectivity index (χ1v) is 10.5. The second-order valence-electron chi connectivity index (χ2n) is 5.64. The van der Waals surface area contributed by atoms with E-state index in [9.17, 15) is 12.8 Å². The minimum atomic E-state index is -3.71. The zero-order valence-corrected chi connectivity index (χ0v) is 19.7. The van der Waals surface area contributed by atoms with E-state index < -0.39 is 15.7 Å². The van der Waals surface area contributed by atoms with Crippen molar-refractivity contribution < 1.29 is 12.8 Å². The minimum absolute atomic E-state index is 0. The quantitative estimate of drug-likeness (QED) is 0.314. The average Bonchev–Trinajstić information content (AvgIpc) is 2.61. The molecule has 0 radical (unpaired) electrons. The molecule has 0 spiro atoms. The first-order valence-electron chi connectivity index (χ1n) is 8.04. The molecule has 148 valence electrons. The van der Waals surface area contributed by atoms with Crippen molar-refractivity contribution in [1.29, 1.82) is 0 Å². The Kier molecular flexibility index (Phi) is 9.68. The number of hydrogen-bond donors (Lipinski definition) is 2. The fourth-order valence-electron chi connectivity index (χ4n) is 2.41. The second kappa shape index (κ2) is 11.0. The van der Waals surface area contributed by atoms with Gasteiger partial charge in [0, 0.05) is 18.1 Å². The van der Waals surface area contributed by atoms with E-state index >= 15 is 0 Å². The molecule has 0 fully saturated rings. The molecule has 0 amide bonds. The normalized spacial score (nSPS) is 12.8. The number of aliphatic imine (C=N–C) groups is 1. The monoisotopic (exact) mass is 569 g/mol. The van der Waals surface area contributed by atoms with E-state index in [-0.39, 0.29) is 47.2 Å². The summed E-state index contributed by atoms with van der Waals surface area (Å²) in [6.07, 6.45) is 0. The lowest BCUT2D eigenvalue weighted by Gasteiger charge is -2.19. The van der Waals surface area contributed by atoms with Gasteiger partial charge in [-0.15, -0.1) is 24.0 Å². The Balaban J connectivity index is 0.00000364. The van der Waals surface area contributed by atoms with E-state index in [1.165, 1.54) is 18.2 Å². The second-order valence-corrected chi connectivity index (χ2v) is 8.57. The predicted octanol–water partition coefficient (Wildman–Crippen LogP) is 3.91. The molecule has 0 heterocycles. The van der Waals surface area contributed by atoms with Crippen molar-refractivity contribution in [3.8, 4) is 0 Å². The number of nitrogens with one attached hydrogen (secondary N) is 2. The third-order valence-corrected chi connectivity index (χ3v) is 6.25. The summed E-state index contributed by atoms with van der Waals surface area (Å²) in [5.41, 5.74) is 1.05. The van der Waals surface area contributed by atoms with Gasteiger partial charge in [-0.3, -0.25) is 4.99 Å². The van der Waals surface area contributed by atoms with E-state index in [1.807, 2.05) is 31.2 Å². The van der Waals surface area contributed by atoms with Crippen molar-refractivity contribution in [2.75, 3.05) is 19.3 Å². The van der Waals surface area contributed by atoms with Crippen molar-refractivity contribution in [2.45, 2.75) is 17.9 Å². The summed E-state index contributed by atoms with van der Waals surface area (Å²) in [5, 5.41) is 6.16. The summed E-state index contributed by atoms with van der Waals surface area (Å²) < 4.78 is 39.2. The zero-order valence-electron chi connectivity index (χ0n) is 14.9. The van der Waals surface area contributed by atoms with Gasteiger partial charge in [0.25, 0.3) is 0 Å². The highest BCUT2D eigenvalue weighted by atomic mass is 127. The van der Waals surface area contributed by atoms with Crippen LogP contribution in [0, 0.1) is 5.82 Å². The molecule has 0 saturated heterocycles. The van der Waals surface area contributed by atoms with Crippen molar-refractivity contribution in [3.05, 3.63) is 64.4 Å². The Hall–Kier alpha value is -1.20. The highest BCUT2D eigenvalue weighted by molar-refractivity contribution is 14.0. The number of nitrogens with zero attached hydrogens (tertiary/aromatic N) is 1. The molecule has 2 N–H and O–H groups in total. The zero-order chi connectivity index (χ0) is 19.2. The molecule has 0 aromatic heterocycles. The number of guanidine groups is 1. The van der Waals surface area contributed by atoms with Gasteiger partial charge in [-0.1, -0.05) is 46.3 Å². The molecule has 9 heteroatoms. The smallest absolute Gasteiger partial charge is 0.191 e. The molecule has 0 aliphatic heterocycles. The van der Waals surface area contributed by atoms with Gasteiger partial charge in [0.05, 0.1) is 11.8 Å². The highest BCUT2D eigenvalue weighted by Gasteiger charge is 2.18. The molecule has 1 atom stereocenters. The topological polar surface area (TPSA) is 70.6 Å². The van der Waals surface area contributed by atoms with E-state index in [0.717, 1.165) is 16.1 Å². The maximum atomic E-state index is 13.7. The predicted molar refractivity (Wildman–Crippen MR) is 121 cm³/mol. The molecule has 2 rings (SSSR count). The maximum Gasteiger partial charge on any atom is 0.191 e. The highest BCUT2D eigenvalue weighted by Crippen LogP contribution is 2.22. The molecule has 0 saturated carbocycles. The SMILES string of the molecule is CN=C(NCCS(=O)(=O)c1ccccc1F)NC(C)c1ccccc1Br.I. The molecule has 2 aromatic rings. The van der Waals surface area contributed by atoms with Crippen molar-refractivity contribution in [1.82, 2.24) is 10.6 Å². The molecule has 5 nitrogen and oxygen atoms in total. The number of hydrogen-bond acceptors (Lipinski definition) is 3. The first-order chi connectivity index (χ1) is 12.3. The van der Waals surface area contributed by atoms with E-state index in [1.54, 1.807) is 7.05 Å². The van der Waals surface area contributed by atoms with Crippen molar-refractivity contribution >= 4 is 55.7 Å². The summed E-state index contributed by atoms with van der Waals surface area (Å²) in [5.74, 6) is -0.507. The van der Waals surface area contributed by atoms with E-state index in [2.05, 4.69) is 31.6 Å². The van der Waals surface area contributed by atoms with Gasteiger partial charge in [0.15, 0.2) is 15.8 Å². The summed E-state index contributed by atoms with van der Waals surface area (Å²) >= 11 is 3.51. The van der Waals surface area contributed by atoms with E-state index in [0.29, 0.717) is 5.96 Å². The molecule has 2 aromatic carbocycles. The van der Waals surface area contributed by atoms with Gasteiger partial charge in [0.2, 0.25) is 0 Å². The molecule has 27 heavy (non-hydrogen) atoms. The van der Waals surface area contributed by atoms with Gasteiger partial charge in [-0.25, -0.2) is 12.8 Å². The van der Waals surface area contributed by atoms with E-state index in [4.69, 9.17) is 0 Å². The van der Waals surface area contributed by atoms with Crippen LogP contribution < -0.4 is 10.6 Å². The van der Waals surface area contributed by atoms with Crippen LogP contribution in [0.2, 0.25) is 0 Å². The number of halogens is 3. The van der Waals surface area contributed by atoms with Gasteiger partial charge in [-0.05, 0) is 30.7 Å². The van der Waals surface area contributed by atoms with Crippen LogP contribution >= 0.6 is 39.9 Å². The Morgan fingerprint density at radius 2 is 1.81 bits per heavy atom. The van der Waals surface area contributed by atoms with Crippen LogP contribution in [0.1, 0.15) is 18.5 Å². The van der Waals surface area contributed by atoms with Crippen LogP contribution in [0.3, 0.4) is 0 Å². The number of benzene rings is 2. The molecular formula is C18H22BrFIN3O2S. The fourth-order valence-corrected chi connectivity index (χ4v) is 4.28. The lowest BCUT2D eigenvalue weighted by Crippen LogP contribution is -2.40. The van der Waals surface area contributed by atoms with Crippen LogP contribution in [0.15, 0.2) is 62.9 Å². The Labute approximate surface area is 184 Å². The molecule has 1 unspecified atom stereocenters. The van der Waals surface area contributed by atoms with Gasteiger partial charge < -0.3 is 10.6 Å². The van der Waals surface area contributed by atoms with Gasteiger partial charge >= 0.3 is 0 Å². The van der Waals surface area contributed by atoms with Crippen LogP contribution in [-0.2, 0) is 9.84 Å². The van der Waals surface area contributed by atoms with Gasteiger partial charge in [-0.2, -0.15) is 0 Å². The first kappa shape index (κ1) is 23.8. The number of rotatable bonds is 6. The third kappa shape index (κ3) is 6.72. The minimum Gasteiger partial charge on any atom is -0.355 e. The lowest BCUT2D eigenvalue weighted by atomic mass is 10.1. The average molecular weight is 570 g/mol. The van der Waals surface area contributed by atoms with Crippen molar-refractivity contribution in [3.63, 3.8) is 0 Å². The third-order valence-electron chi connectivity index (χ3n) is 3.78. The molecule has 0 bridgehead atoms. The fraction of sp³-hybridized carbons (Fsp3) is 0.278. The van der Waals surface area contributed by atoms with Crippen LogP contribution in [0.25, 0.3) is 0 Å².